The van der Waals surface area contributed by atoms with Crippen LogP contribution in [-0.2, 0) is 0 Å². The van der Waals surface area contributed by atoms with Crippen LogP contribution in [0, 0.1) is 0 Å². The molecule has 0 saturated heterocycles. The zero-order chi connectivity index (χ0) is 36.0. The van der Waals surface area contributed by atoms with E-state index in [0.717, 1.165) is 50.1 Å². The molecule has 0 radical (unpaired) electrons. The SMILES string of the molecule is c1ccc(-c2nc3cc(-c4cccc(-c5nc6c7ccccc7ccc6c6c5ccc5ccccc56)c4)ccc3c3c2ccc2c4ccccc4sc23)cc1. The van der Waals surface area contributed by atoms with Crippen molar-refractivity contribution in [3.63, 3.8) is 0 Å². The maximum atomic E-state index is 5.51. The molecule has 3 heteroatoms. The second-order valence-electron chi connectivity index (χ2n) is 14.5. The maximum Gasteiger partial charge on any atom is 0.0794 e. The van der Waals surface area contributed by atoms with Gasteiger partial charge in [0.05, 0.1) is 22.4 Å². The van der Waals surface area contributed by atoms with E-state index in [2.05, 4.69) is 182 Å². The predicted octanol–water partition coefficient (Wildman–Crippen LogP) is 14.8. The molecule has 3 aromatic heterocycles. The lowest BCUT2D eigenvalue weighted by atomic mass is 9.92. The third-order valence-corrected chi connectivity index (χ3v) is 12.6. The molecule has 55 heavy (non-hydrogen) atoms. The minimum absolute atomic E-state index is 0.992. The van der Waals surface area contributed by atoms with Gasteiger partial charge in [0.15, 0.2) is 0 Å². The van der Waals surface area contributed by atoms with Gasteiger partial charge in [0.2, 0.25) is 0 Å². The Labute approximate surface area is 320 Å². The fourth-order valence-corrected chi connectivity index (χ4v) is 10.1. The van der Waals surface area contributed by atoms with Crippen LogP contribution in [0.4, 0.5) is 0 Å². The highest BCUT2D eigenvalue weighted by molar-refractivity contribution is 7.26. The van der Waals surface area contributed by atoms with Gasteiger partial charge in [-0.2, -0.15) is 0 Å². The Bertz CT molecular complexity index is 3550. The largest absolute Gasteiger partial charge is 0.247 e. The summed E-state index contributed by atoms with van der Waals surface area (Å²) in [5.74, 6) is 0. The lowest BCUT2D eigenvalue weighted by Gasteiger charge is -2.15. The highest BCUT2D eigenvalue weighted by Crippen LogP contribution is 2.45. The molecule has 0 aliphatic heterocycles. The first kappa shape index (κ1) is 30.5. The molecule has 0 aliphatic rings. The van der Waals surface area contributed by atoms with Gasteiger partial charge < -0.3 is 0 Å². The average Bonchev–Trinajstić information content (AvgIpc) is 3.64. The summed E-state index contributed by atoms with van der Waals surface area (Å²) in [6.07, 6.45) is 0. The zero-order valence-corrected chi connectivity index (χ0v) is 30.4. The zero-order valence-electron chi connectivity index (χ0n) is 29.6. The van der Waals surface area contributed by atoms with Gasteiger partial charge in [0.25, 0.3) is 0 Å². The predicted molar refractivity (Wildman–Crippen MR) is 236 cm³/mol. The highest BCUT2D eigenvalue weighted by Gasteiger charge is 2.18. The molecule has 0 atom stereocenters. The van der Waals surface area contributed by atoms with E-state index in [-0.39, 0.29) is 0 Å². The Morgan fingerprint density at radius 1 is 0.327 bits per heavy atom. The molecule has 0 N–H and O–H groups in total. The number of rotatable bonds is 3. The third kappa shape index (κ3) is 4.60. The number of nitrogens with zero attached hydrogens (tertiary/aromatic N) is 2. The van der Waals surface area contributed by atoms with Crippen LogP contribution in [0.25, 0.3) is 119 Å². The molecule has 0 spiro atoms. The summed E-state index contributed by atoms with van der Waals surface area (Å²) in [6, 6.07) is 65.9. The standard InChI is InChI=1S/C52H30N2S/c1-2-13-33(14-3-1)49-44-28-27-40-39-19-8-9-20-46(39)55-52(40)48(44)41-24-23-35(30-45(41)53-49)34-15-10-16-36(29-34)50-42-25-21-31-11-4-6-17-37(31)47(42)43-26-22-32-12-5-7-18-38(32)51(43)54-50/h1-30H. The second-order valence-corrected chi connectivity index (χ2v) is 15.5. The van der Waals surface area contributed by atoms with E-state index in [9.17, 15) is 0 Å². The van der Waals surface area contributed by atoms with Crippen molar-refractivity contribution in [3.8, 4) is 33.6 Å². The summed E-state index contributed by atoms with van der Waals surface area (Å²) >= 11 is 1.88. The van der Waals surface area contributed by atoms with Gasteiger partial charge in [-0.25, -0.2) is 9.97 Å². The third-order valence-electron chi connectivity index (χ3n) is 11.4. The monoisotopic (exact) mass is 714 g/mol. The highest BCUT2D eigenvalue weighted by atomic mass is 32.1. The van der Waals surface area contributed by atoms with Gasteiger partial charge in [-0.3, -0.25) is 0 Å². The van der Waals surface area contributed by atoms with Crippen LogP contribution >= 0.6 is 11.3 Å². The van der Waals surface area contributed by atoms with Gasteiger partial charge >= 0.3 is 0 Å². The maximum absolute atomic E-state index is 5.51. The Hall–Kier alpha value is -6.94. The lowest BCUT2D eigenvalue weighted by Crippen LogP contribution is -1.93. The van der Waals surface area contributed by atoms with Gasteiger partial charge in [-0.15, -0.1) is 11.3 Å². The Kier molecular flexibility index (Phi) is 6.54. The van der Waals surface area contributed by atoms with Crippen LogP contribution < -0.4 is 0 Å². The van der Waals surface area contributed by atoms with Crippen LogP contribution in [0.2, 0.25) is 0 Å². The normalized spacial score (nSPS) is 12.0. The molecular formula is C52H30N2S. The molecule has 0 unspecified atom stereocenters. The van der Waals surface area contributed by atoms with Crippen LogP contribution in [-0.4, -0.2) is 9.97 Å². The van der Waals surface area contributed by atoms with Gasteiger partial charge in [0, 0.05) is 69.0 Å². The Morgan fingerprint density at radius 2 is 0.927 bits per heavy atom. The van der Waals surface area contributed by atoms with Crippen LogP contribution in [0.15, 0.2) is 182 Å². The van der Waals surface area contributed by atoms with Crippen LogP contribution in [0.1, 0.15) is 0 Å². The van der Waals surface area contributed by atoms with Crippen LogP contribution in [0.3, 0.4) is 0 Å². The van der Waals surface area contributed by atoms with Crippen molar-refractivity contribution >= 4 is 96.4 Å². The minimum Gasteiger partial charge on any atom is -0.247 e. The molecule has 0 saturated carbocycles. The second kappa shape index (κ2) is 11.8. The number of aromatic nitrogens is 2. The molecular weight excluding hydrogens is 685 g/mol. The van der Waals surface area contributed by atoms with E-state index in [4.69, 9.17) is 9.97 Å². The van der Waals surface area contributed by atoms with Gasteiger partial charge in [-0.1, -0.05) is 164 Å². The molecule has 0 bridgehead atoms. The van der Waals surface area contributed by atoms with E-state index in [1.165, 1.54) is 68.6 Å². The Balaban J connectivity index is 1.10. The fraction of sp³-hybridized carbons (Fsp3) is 0. The lowest BCUT2D eigenvalue weighted by molar-refractivity contribution is 1.42. The van der Waals surface area contributed by atoms with Crippen molar-refractivity contribution < 1.29 is 0 Å². The number of hydrogen-bond acceptors (Lipinski definition) is 3. The topological polar surface area (TPSA) is 25.8 Å². The summed E-state index contributed by atoms with van der Waals surface area (Å²) in [7, 11) is 0. The molecule has 12 rings (SSSR count). The number of fused-ring (bicyclic) bond motifs is 14. The fourth-order valence-electron chi connectivity index (χ4n) is 8.84. The summed E-state index contributed by atoms with van der Waals surface area (Å²) in [5, 5.41) is 14.7. The van der Waals surface area contributed by atoms with Crippen molar-refractivity contribution in [1.29, 1.82) is 0 Å². The molecule has 3 heterocycles. The number of pyridine rings is 2. The summed E-state index contributed by atoms with van der Waals surface area (Å²) in [5.41, 5.74) is 8.51. The average molecular weight is 715 g/mol. The summed E-state index contributed by atoms with van der Waals surface area (Å²) in [4.78, 5) is 10.9. The quantitative estimate of drug-likeness (QED) is 0.170. The number of benzene rings is 9. The molecule has 0 fully saturated rings. The summed E-state index contributed by atoms with van der Waals surface area (Å²) < 4.78 is 2.62. The van der Waals surface area contributed by atoms with Gasteiger partial charge in [-0.05, 0) is 45.5 Å². The molecule has 2 nitrogen and oxygen atoms in total. The van der Waals surface area contributed by atoms with Crippen molar-refractivity contribution in [2.75, 3.05) is 0 Å². The van der Waals surface area contributed by atoms with E-state index >= 15 is 0 Å². The number of hydrogen-bond donors (Lipinski definition) is 0. The van der Waals surface area contributed by atoms with E-state index in [0.29, 0.717) is 0 Å². The van der Waals surface area contributed by atoms with Crippen molar-refractivity contribution in [1.82, 2.24) is 9.97 Å². The van der Waals surface area contributed by atoms with E-state index in [1.54, 1.807) is 0 Å². The summed E-state index contributed by atoms with van der Waals surface area (Å²) in [6.45, 7) is 0. The molecule has 0 amide bonds. The first-order chi connectivity index (χ1) is 27.3. The molecule has 9 aromatic carbocycles. The smallest absolute Gasteiger partial charge is 0.0794 e. The minimum atomic E-state index is 0.992. The van der Waals surface area contributed by atoms with Crippen molar-refractivity contribution in [2.45, 2.75) is 0 Å². The van der Waals surface area contributed by atoms with E-state index < -0.39 is 0 Å². The van der Waals surface area contributed by atoms with E-state index in [1.807, 2.05) is 11.3 Å². The first-order valence-electron chi connectivity index (χ1n) is 18.7. The van der Waals surface area contributed by atoms with Crippen molar-refractivity contribution in [2.24, 2.45) is 0 Å². The number of thiophene rings is 1. The van der Waals surface area contributed by atoms with Crippen LogP contribution in [0.5, 0.6) is 0 Å². The van der Waals surface area contributed by atoms with Gasteiger partial charge in [0.1, 0.15) is 0 Å². The molecule has 254 valence electrons. The molecule has 12 aromatic rings. The van der Waals surface area contributed by atoms with Crippen molar-refractivity contribution in [3.05, 3.63) is 182 Å². The Morgan fingerprint density at radius 3 is 1.80 bits per heavy atom. The molecule has 0 aliphatic carbocycles. The first-order valence-corrected chi connectivity index (χ1v) is 19.6.